The average Bonchev–Trinajstić information content (AvgIpc) is 1.95. The monoisotopic (exact) mass is 142 g/mol. The number of rotatable bonds is 4. The van der Waals surface area contributed by atoms with Crippen molar-refractivity contribution in [3.63, 3.8) is 0 Å². The molecule has 0 amide bonds. The second kappa shape index (κ2) is 4.33. The van der Waals surface area contributed by atoms with Gasteiger partial charge in [-0.3, -0.25) is 0 Å². The van der Waals surface area contributed by atoms with Crippen LogP contribution in [0.2, 0.25) is 0 Å². The zero-order valence-electron chi connectivity index (χ0n) is 6.61. The molecule has 0 bridgehead atoms. The van der Waals surface area contributed by atoms with Gasteiger partial charge in [-0.2, -0.15) is 0 Å². The van der Waals surface area contributed by atoms with Gasteiger partial charge in [-0.05, 0) is 0 Å². The van der Waals surface area contributed by atoms with E-state index in [4.69, 9.17) is 3.79 Å². The summed E-state index contributed by atoms with van der Waals surface area (Å²) in [6.07, 6.45) is 3.30. The Morgan fingerprint density at radius 1 is 1.11 bits per heavy atom. The average molecular weight is 142 g/mol. The van der Waals surface area contributed by atoms with Crippen LogP contribution in [0.5, 0.6) is 0 Å². The summed E-state index contributed by atoms with van der Waals surface area (Å²) in [6, 6.07) is 0. The second-order valence-electron chi connectivity index (χ2n) is 2.36. The summed E-state index contributed by atoms with van der Waals surface area (Å²) in [7, 11) is 0. The van der Waals surface area contributed by atoms with Crippen LogP contribution in [-0.2, 0) is 3.79 Å². The Kier molecular flexibility index (Phi) is 4.57. The van der Waals surface area contributed by atoms with Gasteiger partial charge in [0.05, 0.1) is 0 Å². The van der Waals surface area contributed by atoms with E-state index in [1.807, 2.05) is 0 Å². The summed E-state index contributed by atoms with van der Waals surface area (Å²) in [4.78, 5) is 0. The van der Waals surface area contributed by atoms with Crippen molar-refractivity contribution in [3.05, 3.63) is 0 Å². The maximum atomic E-state index is 5.30. The molecule has 0 atom stereocenters. The zero-order valence-corrected chi connectivity index (χ0v) is 7.76. The van der Waals surface area contributed by atoms with Crippen LogP contribution in [-0.4, -0.2) is 22.2 Å². The summed E-state index contributed by atoms with van der Waals surface area (Å²) in [5.41, 5.74) is 0.130. The Labute approximate surface area is 66.5 Å². The standard InChI is InChI=1S/C7H15O.Al/c1-4-7(8,5-2)6-3;/h4-6H2,1-3H3;/q-1;+3. The maximum absolute atomic E-state index is 5.30. The van der Waals surface area contributed by atoms with Gasteiger partial charge in [0.25, 0.3) is 0 Å². The van der Waals surface area contributed by atoms with Crippen molar-refractivity contribution in [1.29, 1.82) is 0 Å². The zero-order chi connectivity index (χ0) is 7.33. The van der Waals surface area contributed by atoms with Crippen LogP contribution in [0, 0.1) is 0 Å². The summed E-state index contributed by atoms with van der Waals surface area (Å²) >= 11 is 2.36. The molecule has 0 radical (unpaired) electrons. The first-order valence-corrected chi connectivity index (χ1v) is 4.09. The summed E-state index contributed by atoms with van der Waals surface area (Å²) in [5, 5.41) is 0. The van der Waals surface area contributed by atoms with Gasteiger partial charge < -0.3 is 0 Å². The molecule has 9 heavy (non-hydrogen) atoms. The van der Waals surface area contributed by atoms with Gasteiger partial charge >= 0.3 is 66.0 Å². The van der Waals surface area contributed by atoms with Gasteiger partial charge in [-0.1, -0.05) is 0 Å². The molecule has 0 fully saturated rings. The molecule has 0 aliphatic rings. The van der Waals surface area contributed by atoms with Gasteiger partial charge in [0.1, 0.15) is 0 Å². The first kappa shape index (κ1) is 9.49. The van der Waals surface area contributed by atoms with E-state index >= 15 is 0 Å². The molecular formula is C7H15AlO+2. The van der Waals surface area contributed by atoms with E-state index in [1.165, 1.54) is 0 Å². The van der Waals surface area contributed by atoms with Crippen molar-refractivity contribution in [1.82, 2.24) is 0 Å². The molecule has 0 rings (SSSR count). The van der Waals surface area contributed by atoms with E-state index in [9.17, 15) is 0 Å². The molecule has 0 aromatic carbocycles. The van der Waals surface area contributed by atoms with E-state index in [2.05, 4.69) is 37.4 Å². The third-order valence-electron chi connectivity index (χ3n) is 2.18. The molecule has 0 heterocycles. The van der Waals surface area contributed by atoms with Gasteiger partial charge in [-0.25, -0.2) is 0 Å². The molecule has 0 unspecified atom stereocenters. The Balaban J connectivity index is 3.82. The Bertz CT molecular complexity index is 51.8. The molecule has 0 spiro atoms. The van der Waals surface area contributed by atoms with E-state index in [0.717, 1.165) is 19.3 Å². The molecule has 0 aliphatic carbocycles. The minimum absolute atomic E-state index is 0.130. The van der Waals surface area contributed by atoms with Crippen LogP contribution in [0.1, 0.15) is 40.0 Å². The van der Waals surface area contributed by atoms with Crippen molar-refractivity contribution in [3.8, 4) is 0 Å². The second-order valence-corrected chi connectivity index (χ2v) is 2.60. The van der Waals surface area contributed by atoms with Crippen LogP contribution in [0.3, 0.4) is 0 Å². The van der Waals surface area contributed by atoms with Gasteiger partial charge in [0.15, 0.2) is 0 Å². The molecule has 2 heteroatoms. The summed E-state index contributed by atoms with van der Waals surface area (Å²) < 4.78 is 5.30. The van der Waals surface area contributed by atoms with Crippen molar-refractivity contribution in [2.75, 3.05) is 0 Å². The topological polar surface area (TPSA) is 9.23 Å². The van der Waals surface area contributed by atoms with Crippen LogP contribution in [0.4, 0.5) is 0 Å². The van der Waals surface area contributed by atoms with Crippen LogP contribution >= 0.6 is 0 Å². The van der Waals surface area contributed by atoms with Gasteiger partial charge in [-0.15, -0.1) is 0 Å². The summed E-state index contributed by atoms with van der Waals surface area (Å²) in [6.45, 7) is 6.49. The van der Waals surface area contributed by atoms with E-state index < -0.39 is 0 Å². The van der Waals surface area contributed by atoms with E-state index in [0.29, 0.717) is 0 Å². The predicted octanol–water partition coefficient (Wildman–Crippen LogP) is 2.06. The summed E-state index contributed by atoms with van der Waals surface area (Å²) in [5.74, 6) is 0. The van der Waals surface area contributed by atoms with Crippen molar-refractivity contribution >= 4 is 16.6 Å². The quantitative estimate of drug-likeness (QED) is 0.546. The first-order valence-electron chi connectivity index (χ1n) is 3.62. The Morgan fingerprint density at radius 2 is 1.44 bits per heavy atom. The Hall–Kier alpha value is 0.492. The van der Waals surface area contributed by atoms with Crippen molar-refractivity contribution < 1.29 is 3.79 Å². The van der Waals surface area contributed by atoms with E-state index in [-0.39, 0.29) is 5.60 Å². The fourth-order valence-corrected chi connectivity index (χ4v) is 1.50. The third kappa shape index (κ3) is 2.29. The molecule has 0 aromatic rings. The normalized spacial score (nSPS) is 12.1. The molecule has 50 valence electrons. The van der Waals surface area contributed by atoms with Crippen molar-refractivity contribution in [2.24, 2.45) is 0 Å². The Morgan fingerprint density at radius 3 is 1.44 bits per heavy atom. The molecule has 0 saturated heterocycles. The molecule has 0 N–H and O–H groups in total. The first-order chi connectivity index (χ1) is 4.24. The van der Waals surface area contributed by atoms with E-state index in [1.54, 1.807) is 0 Å². The van der Waals surface area contributed by atoms with Crippen LogP contribution in [0.15, 0.2) is 0 Å². The predicted molar refractivity (Wildman–Crippen MR) is 40.4 cm³/mol. The minimum atomic E-state index is 0.130. The molecule has 1 nitrogen and oxygen atoms in total. The SMILES string of the molecule is CCC(CC)(CC)[O][Al+2]. The molecule has 0 aliphatic heterocycles. The third-order valence-corrected chi connectivity index (χ3v) is 2.68. The van der Waals surface area contributed by atoms with Crippen LogP contribution in [0.25, 0.3) is 0 Å². The van der Waals surface area contributed by atoms with Crippen molar-refractivity contribution in [2.45, 2.75) is 45.6 Å². The van der Waals surface area contributed by atoms with Gasteiger partial charge in [0, 0.05) is 0 Å². The molecule has 0 saturated carbocycles. The molecule has 0 aromatic heterocycles. The fraction of sp³-hybridized carbons (Fsp3) is 1.00. The van der Waals surface area contributed by atoms with Gasteiger partial charge in [0.2, 0.25) is 0 Å². The molecular weight excluding hydrogens is 127 g/mol. The fourth-order valence-electron chi connectivity index (χ4n) is 1.00. The number of hydrogen-bond donors (Lipinski definition) is 0. The number of hydrogen-bond acceptors (Lipinski definition) is 1. The van der Waals surface area contributed by atoms with Crippen LogP contribution < -0.4 is 0 Å².